The standard InChI is InChI=1S/C17H16F3NO/c1-10(2)16(11-3-5-13(18)6-4-11)21-17(22)12-7-14(19)9-15(20)8-12/h3-10,16H,1-2H3,(H,21,22). The van der Waals surface area contributed by atoms with Gasteiger partial charge in [-0.3, -0.25) is 4.79 Å². The first-order valence-electron chi connectivity index (χ1n) is 6.89. The van der Waals surface area contributed by atoms with Crippen LogP contribution in [-0.2, 0) is 0 Å². The van der Waals surface area contributed by atoms with Crippen molar-refractivity contribution in [3.63, 3.8) is 0 Å². The van der Waals surface area contributed by atoms with Crippen LogP contribution in [0.5, 0.6) is 0 Å². The third kappa shape index (κ3) is 3.87. The molecule has 1 atom stereocenters. The number of hydrogen-bond donors (Lipinski definition) is 1. The van der Waals surface area contributed by atoms with Gasteiger partial charge in [0.1, 0.15) is 17.5 Å². The first-order chi connectivity index (χ1) is 10.4. The Hall–Kier alpha value is -2.30. The van der Waals surface area contributed by atoms with E-state index in [0.717, 1.165) is 17.7 Å². The molecule has 0 heterocycles. The summed E-state index contributed by atoms with van der Waals surface area (Å²) in [6, 6.07) is 8.02. The molecule has 0 aliphatic carbocycles. The molecule has 1 unspecified atom stereocenters. The number of hydrogen-bond acceptors (Lipinski definition) is 1. The molecule has 0 aliphatic rings. The van der Waals surface area contributed by atoms with Crippen molar-refractivity contribution in [2.24, 2.45) is 5.92 Å². The summed E-state index contributed by atoms with van der Waals surface area (Å²) in [6.07, 6.45) is 0. The number of amides is 1. The minimum atomic E-state index is -0.812. The predicted molar refractivity (Wildman–Crippen MR) is 77.8 cm³/mol. The van der Waals surface area contributed by atoms with Gasteiger partial charge in [-0.25, -0.2) is 13.2 Å². The summed E-state index contributed by atoms with van der Waals surface area (Å²) < 4.78 is 39.4. The Kier molecular flexibility index (Phi) is 4.85. The zero-order chi connectivity index (χ0) is 16.3. The van der Waals surface area contributed by atoms with Crippen LogP contribution in [0.3, 0.4) is 0 Å². The minimum Gasteiger partial charge on any atom is -0.345 e. The molecule has 1 N–H and O–H groups in total. The molecule has 0 saturated carbocycles. The largest absolute Gasteiger partial charge is 0.345 e. The Morgan fingerprint density at radius 2 is 1.45 bits per heavy atom. The zero-order valence-corrected chi connectivity index (χ0v) is 12.2. The monoisotopic (exact) mass is 307 g/mol. The van der Waals surface area contributed by atoms with Crippen LogP contribution in [0.4, 0.5) is 13.2 Å². The molecule has 22 heavy (non-hydrogen) atoms. The van der Waals surface area contributed by atoms with Crippen LogP contribution in [0.2, 0.25) is 0 Å². The number of rotatable bonds is 4. The van der Waals surface area contributed by atoms with Crippen molar-refractivity contribution >= 4 is 5.91 Å². The summed E-state index contributed by atoms with van der Waals surface area (Å²) in [7, 11) is 0. The van der Waals surface area contributed by atoms with Crippen LogP contribution in [-0.4, -0.2) is 5.91 Å². The Labute approximate surface area is 127 Å². The van der Waals surface area contributed by atoms with Crippen molar-refractivity contribution in [3.8, 4) is 0 Å². The summed E-state index contributed by atoms with van der Waals surface area (Å²) in [5.74, 6) is -2.56. The molecule has 0 spiro atoms. The minimum absolute atomic E-state index is 0.0211. The Morgan fingerprint density at radius 1 is 0.909 bits per heavy atom. The lowest BCUT2D eigenvalue weighted by Crippen LogP contribution is -2.31. The Balaban J connectivity index is 2.24. The molecule has 5 heteroatoms. The van der Waals surface area contributed by atoms with Gasteiger partial charge in [0.2, 0.25) is 0 Å². The Morgan fingerprint density at radius 3 is 1.95 bits per heavy atom. The summed E-state index contributed by atoms with van der Waals surface area (Å²) in [6.45, 7) is 3.78. The predicted octanol–water partition coefficient (Wildman–Crippen LogP) is 4.23. The van der Waals surface area contributed by atoms with E-state index in [0.29, 0.717) is 6.07 Å². The van der Waals surface area contributed by atoms with Crippen molar-refractivity contribution in [1.29, 1.82) is 0 Å². The molecular weight excluding hydrogens is 291 g/mol. The summed E-state index contributed by atoms with van der Waals surface area (Å²) in [4.78, 5) is 12.2. The topological polar surface area (TPSA) is 29.1 Å². The van der Waals surface area contributed by atoms with Gasteiger partial charge in [0.25, 0.3) is 5.91 Å². The van der Waals surface area contributed by atoms with E-state index in [-0.39, 0.29) is 23.3 Å². The first-order valence-corrected chi connectivity index (χ1v) is 6.89. The maximum absolute atomic E-state index is 13.2. The van der Waals surface area contributed by atoms with E-state index in [9.17, 15) is 18.0 Å². The van der Waals surface area contributed by atoms with Gasteiger partial charge in [-0.05, 0) is 35.7 Å². The number of nitrogens with one attached hydrogen (secondary N) is 1. The van der Waals surface area contributed by atoms with E-state index in [1.54, 1.807) is 12.1 Å². The molecule has 0 aromatic heterocycles. The quantitative estimate of drug-likeness (QED) is 0.900. The van der Waals surface area contributed by atoms with Gasteiger partial charge in [-0.2, -0.15) is 0 Å². The van der Waals surface area contributed by atoms with Gasteiger partial charge < -0.3 is 5.32 Å². The molecule has 0 fully saturated rings. The van der Waals surface area contributed by atoms with Gasteiger partial charge in [0.15, 0.2) is 0 Å². The molecule has 0 aliphatic heterocycles. The van der Waals surface area contributed by atoms with Gasteiger partial charge in [0.05, 0.1) is 6.04 Å². The van der Waals surface area contributed by atoms with E-state index in [2.05, 4.69) is 5.32 Å². The van der Waals surface area contributed by atoms with E-state index < -0.39 is 17.5 Å². The van der Waals surface area contributed by atoms with Crippen LogP contribution in [0.15, 0.2) is 42.5 Å². The summed E-state index contributed by atoms with van der Waals surface area (Å²) in [5.41, 5.74) is 0.631. The summed E-state index contributed by atoms with van der Waals surface area (Å²) >= 11 is 0. The van der Waals surface area contributed by atoms with E-state index in [1.807, 2.05) is 13.8 Å². The lowest BCUT2D eigenvalue weighted by atomic mass is 9.95. The molecule has 2 aromatic rings. The molecule has 0 saturated heterocycles. The fraction of sp³-hybridized carbons (Fsp3) is 0.235. The summed E-state index contributed by atoms with van der Waals surface area (Å²) in [5, 5.41) is 2.73. The second kappa shape index (κ2) is 6.64. The van der Waals surface area contributed by atoms with Gasteiger partial charge in [-0.1, -0.05) is 26.0 Å². The first kappa shape index (κ1) is 16.1. The maximum Gasteiger partial charge on any atom is 0.251 e. The number of carbonyl (C=O) groups is 1. The van der Waals surface area contributed by atoms with Crippen LogP contribution in [0.25, 0.3) is 0 Å². The van der Waals surface area contributed by atoms with E-state index in [4.69, 9.17) is 0 Å². The third-order valence-corrected chi connectivity index (χ3v) is 3.31. The van der Waals surface area contributed by atoms with Crippen molar-refractivity contribution in [3.05, 3.63) is 71.0 Å². The highest BCUT2D eigenvalue weighted by molar-refractivity contribution is 5.94. The SMILES string of the molecule is CC(C)C(NC(=O)c1cc(F)cc(F)c1)c1ccc(F)cc1. The molecular formula is C17H16F3NO. The van der Waals surface area contributed by atoms with Gasteiger partial charge >= 0.3 is 0 Å². The highest BCUT2D eigenvalue weighted by atomic mass is 19.1. The van der Waals surface area contributed by atoms with Crippen LogP contribution in [0.1, 0.15) is 35.8 Å². The number of carbonyl (C=O) groups excluding carboxylic acids is 1. The second-order valence-electron chi connectivity index (χ2n) is 5.40. The second-order valence-corrected chi connectivity index (χ2v) is 5.40. The van der Waals surface area contributed by atoms with Crippen LogP contribution < -0.4 is 5.32 Å². The van der Waals surface area contributed by atoms with Crippen molar-refractivity contribution < 1.29 is 18.0 Å². The molecule has 1 amide bonds. The molecule has 2 nitrogen and oxygen atoms in total. The average Bonchev–Trinajstić information content (AvgIpc) is 2.44. The smallest absolute Gasteiger partial charge is 0.251 e. The highest BCUT2D eigenvalue weighted by Crippen LogP contribution is 2.22. The molecule has 2 aromatic carbocycles. The highest BCUT2D eigenvalue weighted by Gasteiger charge is 2.20. The van der Waals surface area contributed by atoms with Gasteiger partial charge in [-0.15, -0.1) is 0 Å². The van der Waals surface area contributed by atoms with Crippen molar-refractivity contribution in [2.75, 3.05) is 0 Å². The zero-order valence-electron chi connectivity index (χ0n) is 12.2. The van der Waals surface area contributed by atoms with Crippen LogP contribution in [0, 0.1) is 23.4 Å². The number of halogens is 3. The lowest BCUT2D eigenvalue weighted by Gasteiger charge is -2.23. The maximum atomic E-state index is 13.2. The van der Waals surface area contributed by atoms with Gasteiger partial charge in [0, 0.05) is 11.6 Å². The van der Waals surface area contributed by atoms with Crippen LogP contribution >= 0.6 is 0 Å². The average molecular weight is 307 g/mol. The fourth-order valence-corrected chi connectivity index (χ4v) is 2.21. The lowest BCUT2D eigenvalue weighted by molar-refractivity contribution is 0.0924. The van der Waals surface area contributed by atoms with Crippen molar-refractivity contribution in [2.45, 2.75) is 19.9 Å². The van der Waals surface area contributed by atoms with E-state index >= 15 is 0 Å². The fourth-order valence-electron chi connectivity index (χ4n) is 2.21. The Bertz CT molecular complexity index is 648. The normalized spacial score (nSPS) is 12.3. The molecule has 2 rings (SSSR count). The van der Waals surface area contributed by atoms with E-state index in [1.165, 1.54) is 12.1 Å². The third-order valence-electron chi connectivity index (χ3n) is 3.31. The molecule has 0 bridgehead atoms. The van der Waals surface area contributed by atoms with Crippen molar-refractivity contribution in [1.82, 2.24) is 5.32 Å². The number of benzene rings is 2. The molecule has 0 radical (unpaired) electrons. The molecule has 116 valence electrons.